The van der Waals surface area contributed by atoms with Crippen LogP contribution in [0.25, 0.3) is 10.9 Å². The average molecular weight is 298 g/mol. The Morgan fingerprint density at radius 2 is 1.91 bits per heavy atom. The van der Waals surface area contributed by atoms with Crippen molar-refractivity contribution in [3.8, 4) is 0 Å². The lowest BCUT2D eigenvalue weighted by Crippen LogP contribution is -2.30. The van der Waals surface area contributed by atoms with Gasteiger partial charge >= 0.3 is 0 Å². The lowest BCUT2D eigenvalue weighted by atomic mass is 10.1. The highest BCUT2D eigenvalue weighted by atomic mass is 16.2. The number of hydrogen-bond acceptors (Lipinski definition) is 2. The number of Topliss-reactive ketones (excluding diaryl/α,β-unsaturated/α-hetero) is 1. The molecule has 22 heavy (non-hydrogen) atoms. The predicted octanol–water partition coefficient (Wildman–Crippen LogP) is 3.03. The molecule has 3 rings (SSSR count). The second kappa shape index (κ2) is 5.95. The van der Waals surface area contributed by atoms with Crippen LogP contribution in [0.1, 0.15) is 42.6 Å². The van der Waals surface area contributed by atoms with Gasteiger partial charge in [-0.1, -0.05) is 25.1 Å². The fourth-order valence-corrected chi connectivity index (χ4v) is 3.34. The molecule has 2 heterocycles. The smallest absolute Gasteiger partial charge is 0.242 e. The lowest BCUT2D eigenvalue weighted by Gasteiger charge is -2.16. The highest BCUT2D eigenvalue weighted by molar-refractivity contribution is 6.07. The maximum atomic E-state index is 12.5. The van der Waals surface area contributed by atoms with Crippen LogP contribution in [0.4, 0.5) is 0 Å². The molecule has 1 saturated heterocycles. The summed E-state index contributed by atoms with van der Waals surface area (Å²) in [5.41, 5.74) is 2.92. The van der Waals surface area contributed by atoms with Crippen molar-refractivity contribution >= 4 is 22.6 Å². The molecule has 2 aromatic rings. The molecule has 1 amide bonds. The van der Waals surface area contributed by atoms with Crippen LogP contribution in [0.15, 0.2) is 24.4 Å². The van der Waals surface area contributed by atoms with E-state index in [0.717, 1.165) is 43.3 Å². The summed E-state index contributed by atoms with van der Waals surface area (Å²) < 4.78 is 1.96. The van der Waals surface area contributed by atoms with Crippen LogP contribution in [-0.4, -0.2) is 34.2 Å². The van der Waals surface area contributed by atoms with Crippen molar-refractivity contribution in [2.75, 3.05) is 13.1 Å². The number of carbonyl (C=O) groups excluding carboxylic acids is 2. The van der Waals surface area contributed by atoms with Gasteiger partial charge in [-0.15, -0.1) is 0 Å². The van der Waals surface area contributed by atoms with Crippen molar-refractivity contribution in [3.05, 3.63) is 35.5 Å². The Morgan fingerprint density at radius 1 is 1.18 bits per heavy atom. The third kappa shape index (κ3) is 2.54. The maximum Gasteiger partial charge on any atom is 0.242 e. The van der Waals surface area contributed by atoms with Crippen LogP contribution in [0.2, 0.25) is 0 Å². The van der Waals surface area contributed by atoms with Crippen LogP contribution in [0, 0.1) is 0 Å². The van der Waals surface area contributed by atoms with Crippen LogP contribution >= 0.6 is 0 Å². The Bertz CT molecular complexity index is 724. The summed E-state index contributed by atoms with van der Waals surface area (Å²) in [6.45, 7) is 5.72. The van der Waals surface area contributed by atoms with Crippen LogP contribution in [0.5, 0.6) is 0 Å². The summed E-state index contributed by atoms with van der Waals surface area (Å²) in [7, 11) is 0. The first-order valence-corrected chi connectivity index (χ1v) is 8.01. The van der Waals surface area contributed by atoms with E-state index in [0.29, 0.717) is 12.1 Å². The largest absolute Gasteiger partial charge is 0.341 e. The molecule has 4 heteroatoms. The molecule has 0 unspecified atom stereocenters. The predicted molar refractivity (Wildman–Crippen MR) is 87.1 cm³/mol. The Morgan fingerprint density at radius 3 is 2.55 bits per heavy atom. The molecule has 0 saturated carbocycles. The molecule has 0 aliphatic carbocycles. The zero-order valence-corrected chi connectivity index (χ0v) is 13.3. The van der Waals surface area contributed by atoms with E-state index in [1.165, 1.54) is 5.56 Å². The van der Waals surface area contributed by atoms with E-state index in [2.05, 4.69) is 13.0 Å². The summed E-state index contributed by atoms with van der Waals surface area (Å²) in [5.74, 6) is 0.195. The van der Waals surface area contributed by atoms with Crippen molar-refractivity contribution in [1.82, 2.24) is 9.47 Å². The third-order valence-corrected chi connectivity index (χ3v) is 4.51. The number of para-hydroxylation sites is 1. The van der Waals surface area contributed by atoms with E-state index in [1.54, 1.807) is 6.92 Å². The first kappa shape index (κ1) is 14.8. The number of rotatable bonds is 4. The van der Waals surface area contributed by atoms with Gasteiger partial charge < -0.3 is 9.47 Å². The maximum absolute atomic E-state index is 12.5. The highest BCUT2D eigenvalue weighted by Gasteiger charge is 2.21. The zero-order valence-electron chi connectivity index (χ0n) is 13.3. The molecule has 0 spiro atoms. The Balaban J connectivity index is 2.04. The van der Waals surface area contributed by atoms with Gasteiger partial charge in [-0.25, -0.2) is 0 Å². The Kier molecular flexibility index (Phi) is 4.01. The topological polar surface area (TPSA) is 42.3 Å². The van der Waals surface area contributed by atoms with Crippen molar-refractivity contribution in [3.63, 3.8) is 0 Å². The monoisotopic (exact) mass is 298 g/mol. The number of benzene rings is 1. The molecule has 1 fully saturated rings. The number of aryl methyl sites for hydroxylation is 1. The molecule has 1 aliphatic rings. The van der Waals surface area contributed by atoms with Gasteiger partial charge in [-0.3, -0.25) is 9.59 Å². The van der Waals surface area contributed by atoms with Crippen LogP contribution in [0.3, 0.4) is 0 Å². The molecule has 0 bridgehead atoms. The van der Waals surface area contributed by atoms with Crippen LogP contribution in [-0.2, 0) is 17.8 Å². The van der Waals surface area contributed by atoms with Gasteiger partial charge in [0.2, 0.25) is 5.91 Å². The summed E-state index contributed by atoms with van der Waals surface area (Å²) in [6.07, 6.45) is 4.92. The minimum Gasteiger partial charge on any atom is -0.341 e. The quantitative estimate of drug-likeness (QED) is 0.814. The normalized spacial score (nSPS) is 14.7. The molecule has 0 atom stereocenters. The van der Waals surface area contributed by atoms with Gasteiger partial charge in [0.05, 0.1) is 5.52 Å². The van der Waals surface area contributed by atoms with Crippen molar-refractivity contribution < 1.29 is 9.59 Å². The minimum absolute atomic E-state index is 0.0469. The van der Waals surface area contributed by atoms with Crippen molar-refractivity contribution in [2.24, 2.45) is 0 Å². The van der Waals surface area contributed by atoms with E-state index in [1.807, 2.05) is 27.8 Å². The van der Waals surface area contributed by atoms with Gasteiger partial charge in [0.25, 0.3) is 0 Å². The number of carbonyl (C=O) groups is 2. The van der Waals surface area contributed by atoms with E-state index in [9.17, 15) is 9.59 Å². The number of amides is 1. The Hall–Kier alpha value is -2.10. The first-order chi connectivity index (χ1) is 10.6. The highest BCUT2D eigenvalue weighted by Crippen LogP contribution is 2.26. The second-order valence-electron chi connectivity index (χ2n) is 5.98. The first-order valence-electron chi connectivity index (χ1n) is 8.01. The molecule has 1 aromatic heterocycles. The molecule has 1 aliphatic heterocycles. The number of aromatic nitrogens is 1. The number of hydrogen-bond donors (Lipinski definition) is 0. The van der Waals surface area contributed by atoms with Gasteiger partial charge in [0, 0.05) is 30.2 Å². The molecule has 116 valence electrons. The fourth-order valence-electron chi connectivity index (χ4n) is 3.34. The van der Waals surface area contributed by atoms with Crippen molar-refractivity contribution in [2.45, 2.75) is 39.7 Å². The molecule has 1 aromatic carbocycles. The van der Waals surface area contributed by atoms with Gasteiger partial charge in [-0.2, -0.15) is 0 Å². The van der Waals surface area contributed by atoms with Crippen molar-refractivity contribution in [1.29, 1.82) is 0 Å². The molecular weight excluding hydrogens is 276 g/mol. The summed E-state index contributed by atoms with van der Waals surface area (Å²) in [4.78, 5) is 26.3. The molecule has 4 nitrogen and oxygen atoms in total. The SMILES string of the molecule is CCc1cccc2c(C(C)=O)cn(CC(=O)N3CCCC3)c12. The number of ketones is 1. The van der Waals surface area contributed by atoms with E-state index in [-0.39, 0.29) is 11.7 Å². The van der Waals surface area contributed by atoms with E-state index >= 15 is 0 Å². The van der Waals surface area contributed by atoms with E-state index < -0.39 is 0 Å². The Labute approximate surface area is 130 Å². The van der Waals surface area contributed by atoms with Gasteiger partial charge in [0.15, 0.2) is 5.78 Å². The standard InChI is InChI=1S/C18H22N2O2/c1-3-14-7-6-8-15-16(13(2)21)11-20(18(14)15)12-17(22)19-9-4-5-10-19/h6-8,11H,3-5,9-10,12H2,1-2H3. The molecular formula is C18H22N2O2. The summed E-state index contributed by atoms with van der Waals surface area (Å²) in [5, 5.41) is 0.959. The second-order valence-corrected chi connectivity index (χ2v) is 5.98. The number of nitrogens with zero attached hydrogens (tertiary/aromatic N) is 2. The minimum atomic E-state index is 0.0469. The van der Waals surface area contributed by atoms with Crippen LogP contribution < -0.4 is 0 Å². The molecule has 0 N–H and O–H groups in total. The van der Waals surface area contributed by atoms with E-state index in [4.69, 9.17) is 0 Å². The number of likely N-dealkylation sites (tertiary alicyclic amines) is 1. The molecule has 0 radical (unpaired) electrons. The summed E-state index contributed by atoms with van der Waals surface area (Å²) in [6, 6.07) is 6.03. The fraction of sp³-hybridized carbons (Fsp3) is 0.444. The average Bonchev–Trinajstić information content (AvgIpc) is 3.15. The van der Waals surface area contributed by atoms with Gasteiger partial charge in [-0.05, 0) is 31.7 Å². The summed E-state index contributed by atoms with van der Waals surface area (Å²) >= 11 is 0. The lowest BCUT2D eigenvalue weighted by molar-refractivity contribution is -0.130. The number of fused-ring (bicyclic) bond motifs is 1. The zero-order chi connectivity index (χ0) is 15.7. The third-order valence-electron chi connectivity index (χ3n) is 4.51. The van der Waals surface area contributed by atoms with Gasteiger partial charge in [0.1, 0.15) is 6.54 Å².